The fraction of sp³-hybridized carbons (Fsp3) is 0.737. The summed E-state index contributed by atoms with van der Waals surface area (Å²) in [5.41, 5.74) is 0. The van der Waals surface area contributed by atoms with Gasteiger partial charge in [0.2, 0.25) is 0 Å². The van der Waals surface area contributed by atoms with Gasteiger partial charge in [-0.2, -0.15) is 0 Å². The van der Waals surface area contributed by atoms with E-state index < -0.39 is 9.84 Å². The van der Waals surface area contributed by atoms with E-state index in [2.05, 4.69) is 24.5 Å². The molecule has 1 fully saturated rings. The van der Waals surface area contributed by atoms with Gasteiger partial charge in [0.25, 0.3) is 0 Å². The molecule has 0 radical (unpaired) electrons. The lowest BCUT2D eigenvalue weighted by Crippen LogP contribution is -2.45. The predicted molar refractivity (Wildman–Crippen MR) is 106 cm³/mol. The van der Waals surface area contributed by atoms with Crippen LogP contribution in [0.25, 0.3) is 0 Å². The van der Waals surface area contributed by atoms with Gasteiger partial charge in [0.1, 0.15) is 5.76 Å². The molecule has 1 saturated heterocycles. The Morgan fingerprint density at radius 3 is 2.88 bits per heavy atom. The van der Waals surface area contributed by atoms with Crippen LogP contribution in [-0.4, -0.2) is 45.0 Å². The minimum absolute atomic E-state index is 0.0504. The maximum atomic E-state index is 11.7. The molecule has 0 saturated carbocycles. The number of nitrogens with zero attached hydrogens (tertiary/aromatic N) is 1. The van der Waals surface area contributed by atoms with E-state index in [9.17, 15) is 8.42 Å². The summed E-state index contributed by atoms with van der Waals surface area (Å²) in [7, 11) is -2.91. The molecule has 1 aromatic rings. The molecule has 0 bridgehead atoms. The highest BCUT2D eigenvalue weighted by Crippen LogP contribution is 2.14. The molecule has 0 aromatic carbocycles. The molecule has 1 aliphatic rings. The lowest BCUT2D eigenvalue weighted by molar-refractivity contribution is 0.460. The molecule has 2 atom stereocenters. The van der Waals surface area contributed by atoms with Crippen LogP contribution in [0.3, 0.4) is 0 Å². The quantitative estimate of drug-likeness (QED) is 0.479. The predicted octanol–water partition coefficient (Wildman–Crippen LogP) is 2.76. The van der Waals surface area contributed by atoms with Gasteiger partial charge in [-0.25, -0.2) is 8.42 Å². The van der Waals surface area contributed by atoms with Gasteiger partial charge in [-0.1, -0.05) is 33.1 Å². The minimum atomic E-state index is -2.91. The lowest BCUT2D eigenvalue weighted by atomic mass is 10.00. The number of sulfone groups is 1. The largest absolute Gasteiger partial charge is 0.469 e. The van der Waals surface area contributed by atoms with Gasteiger partial charge in [-0.15, -0.1) is 0 Å². The summed E-state index contributed by atoms with van der Waals surface area (Å²) in [5, 5.41) is 6.65. The minimum Gasteiger partial charge on any atom is -0.469 e. The summed E-state index contributed by atoms with van der Waals surface area (Å²) >= 11 is 0. The summed E-state index contributed by atoms with van der Waals surface area (Å²) in [6, 6.07) is 3.78. The molecule has 26 heavy (non-hydrogen) atoms. The second kappa shape index (κ2) is 10.6. The summed E-state index contributed by atoms with van der Waals surface area (Å²) < 4.78 is 28.8. The zero-order chi connectivity index (χ0) is 18.8. The van der Waals surface area contributed by atoms with Crippen molar-refractivity contribution in [3.63, 3.8) is 0 Å². The number of aliphatic imine (C=N–C) groups is 1. The van der Waals surface area contributed by atoms with Crippen molar-refractivity contribution in [1.82, 2.24) is 10.6 Å². The van der Waals surface area contributed by atoms with Crippen LogP contribution in [0.5, 0.6) is 0 Å². The Balaban J connectivity index is 1.91. The Bertz CT molecular complexity index is 641. The Morgan fingerprint density at radius 1 is 1.42 bits per heavy atom. The molecule has 6 nitrogen and oxygen atoms in total. The average Bonchev–Trinajstić information content (AvgIpc) is 3.24. The zero-order valence-corrected chi connectivity index (χ0v) is 16.9. The molecular formula is C19H33N3O3S. The second-order valence-corrected chi connectivity index (χ2v) is 9.33. The van der Waals surface area contributed by atoms with Crippen LogP contribution >= 0.6 is 0 Å². The Hall–Kier alpha value is -1.50. The van der Waals surface area contributed by atoms with Crippen LogP contribution < -0.4 is 10.6 Å². The van der Waals surface area contributed by atoms with Gasteiger partial charge >= 0.3 is 0 Å². The fourth-order valence-electron chi connectivity index (χ4n) is 3.15. The van der Waals surface area contributed by atoms with Crippen molar-refractivity contribution < 1.29 is 12.8 Å². The van der Waals surface area contributed by atoms with Crippen molar-refractivity contribution in [1.29, 1.82) is 0 Å². The van der Waals surface area contributed by atoms with Crippen LogP contribution in [-0.2, 0) is 16.3 Å². The maximum absolute atomic E-state index is 11.7. The number of hydrogen-bond acceptors (Lipinski definition) is 4. The van der Waals surface area contributed by atoms with Crippen LogP contribution in [0.1, 0.15) is 51.7 Å². The Kier molecular flexibility index (Phi) is 8.48. The highest BCUT2D eigenvalue weighted by atomic mass is 32.2. The molecule has 2 N–H and O–H groups in total. The molecule has 1 aromatic heterocycles. The first kappa shape index (κ1) is 20.8. The summed E-state index contributed by atoms with van der Waals surface area (Å²) in [6.45, 7) is 5.88. The number of hydrogen-bond donors (Lipinski definition) is 2. The molecule has 2 unspecified atom stereocenters. The first-order chi connectivity index (χ1) is 12.5. The van der Waals surface area contributed by atoms with E-state index in [1.807, 2.05) is 12.1 Å². The number of nitrogens with one attached hydrogen (secondary N) is 2. The van der Waals surface area contributed by atoms with E-state index in [0.717, 1.165) is 25.1 Å². The van der Waals surface area contributed by atoms with Crippen molar-refractivity contribution in [2.75, 3.05) is 24.6 Å². The molecule has 148 valence electrons. The number of unbranched alkanes of at least 4 members (excludes halogenated alkanes) is 1. The molecule has 0 aliphatic carbocycles. The standard InChI is InChI=1S/C19H33N3O3S/c1-3-5-7-16(4-2)14-21-19(20-11-9-18-8-6-12-25-18)22-17-10-13-26(23,24)15-17/h6,8,12,16-17H,3-5,7,9-11,13-15H2,1-2H3,(H2,20,21,22). The highest BCUT2D eigenvalue weighted by Gasteiger charge is 2.28. The average molecular weight is 384 g/mol. The monoisotopic (exact) mass is 383 g/mol. The molecule has 2 heterocycles. The van der Waals surface area contributed by atoms with Crippen molar-refractivity contribution in [2.45, 2.75) is 58.4 Å². The summed E-state index contributed by atoms with van der Waals surface area (Å²) in [6.07, 6.45) is 7.81. The van der Waals surface area contributed by atoms with E-state index >= 15 is 0 Å². The first-order valence-electron chi connectivity index (χ1n) is 9.80. The van der Waals surface area contributed by atoms with Crippen molar-refractivity contribution >= 4 is 15.8 Å². The fourth-order valence-corrected chi connectivity index (χ4v) is 4.82. The van der Waals surface area contributed by atoms with E-state index in [4.69, 9.17) is 9.41 Å². The molecular weight excluding hydrogens is 350 g/mol. The zero-order valence-electron chi connectivity index (χ0n) is 16.0. The van der Waals surface area contributed by atoms with E-state index in [1.165, 1.54) is 19.3 Å². The molecule has 0 spiro atoms. The number of rotatable bonds is 10. The smallest absolute Gasteiger partial charge is 0.191 e. The maximum Gasteiger partial charge on any atom is 0.191 e. The lowest BCUT2D eigenvalue weighted by Gasteiger charge is -2.18. The van der Waals surface area contributed by atoms with E-state index in [-0.39, 0.29) is 17.5 Å². The van der Waals surface area contributed by atoms with E-state index in [0.29, 0.717) is 24.8 Å². The first-order valence-corrected chi connectivity index (χ1v) is 11.6. The Labute approximate surface area is 157 Å². The molecule has 1 aliphatic heterocycles. The summed E-state index contributed by atoms with van der Waals surface area (Å²) in [5.74, 6) is 2.67. The topological polar surface area (TPSA) is 83.7 Å². The third-order valence-electron chi connectivity index (χ3n) is 4.87. The van der Waals surface area contributed by atoms with Crippen LogP contribution in [0, 0.1) is 5.92 Å². The van der Waals surface area contributed by atoms with Gasteiger partial charge in [-0.3, -0.25) is 4.99 Å². The highest BCUT2D eigenvalue weighted by molar-refractivity contribution is 7.91. The normalized spacial score (nSPS) is 20.8. The summed E-state index contributed by atoms with van der Waals surface area (Å²) in [4.78, 5) is 4.75. The van der Waals surface area contributed by atoms with E-state index in [1.54, 1.807) is 6.26 Å². The third-order valence-corrected chi connectivity index (χ3v) is 6.64. The number of furan rings is 1. The van der Waals surface area contributed by atoms with Crippen molar-refractivity contribution in [3.8, 4) is 0 Å². The van der Waals surface area contributed by atoms with Gasteiger partial charge in [0.05, 0.1) is 17.8 Å². The SMILES string of the molecule is CCCCC(CC)CN=C(NCCc1ccco1)NC1CCS(=O)(=O)C1. The van der Waals surface area contributed by atoms with Gasteiger partial charge in [-0.05, 0) is 30.9 Å². The molecule has 0 amide bonds. The van der Waals surface area contributed by atoms with Crippen LogP contribution in [0.2, 0.25) is 0 Å². The van der Waals surface area contributed by atoms with Crippen molar-refractivity contribution in [2.24, 2.45) is 10.9 Å². The van der Waals surface area contributed by atoms with Gasteiger partial charge in [0.15, 0.2) is 15.8 Å². The molecule has 2 rings (SSSR count). The van der Waals surface area contributed by atoms with Gasteiger partial charge < -0.3 is 15.1 Å². The molecule has 7 heteroatoms. The third kappa shape index (κ3) is 7.40. The second-order valence-electron chi connectivity index (χ2n) is 7.11. The Morgan fingerprint density at radius 2 is 2.27 bits per heavy atom. The van der Waals surface area contributed by atoms with Crippen molar-refractivity contribution in [3.05, 3.63) is 24.2 Å². The van der Waals surface area contributed by atoms with Gasteiger partial charge in [0, 0.05) is 25.6 Å². The number of guanidine groups is 1. The van der Waals surface area contributed by atoms with Crippen LogP contribution in [0.4, 0.5) is 0 Å². The van der Waals surface area contributed by atoms with Crippen LogP contribution in [0.15, 0.2) is 27.8 Å².